The summed E-state index contributed by atoms with van der Waals surface area (Å²) in [4.78, 5) is 4.29. The van der Waals surface area contributed by atoms with Crippen molar-refractivity contribution in [3.05, 3.63) is 16.6 Å². The van der Waals surface area contributed by atoms with Crippen LogP contribution in [-0.4, -0.2) is 43.7 Å². The van der Waals surface area contributed by atoms with Crippen LogP contribution in [0.1, 0.15) is 17.5 Å². The lowest BCUT2D eigenvalue weighted by Gasteiger charge is -2.40. The second kappa shape index (κ2) is 4.01. The molecule has 0 radical (unpaired) electrons. The van der Waals surface area contributed by atoms with Gasteiger partial charge in [0, 0.05) is 18.1 Å². The van der Waals surface area contributed by atoms with Gasteiger partial charge >= 0.3 is 0 Å². The lowest BCUT2D eigenvalue weighted by molar-refractivity contribution is -0.0799. The van der Waals surface area contributed by atoms with E-state index in [0.717, 1.165) is 11.6 Å². The average molecular weight is 274 g/mol. The quantitative estimate of drug-likeness (QED) is 0.801. The third-order valence-electron chi connectivity index (χ3n) is 3.36. The predicted octanol–water partition coefficient (Wildman–Crippen LogP) is 0.361. The van der Waals surface area contributed by atoms with Crippen molar-refractivity contribution in [3.8, 4) is 0 Å². The van der Waals surface area contributed by atoms with Crippen LogP contribution in [0.2, 0.25) is 0 Å². The van der Waals surface area contributed by atoms with Crippen LogP contribution in [0.25, 0.3) is 0 Å². The zero-order valence-electron chi connectivity index (χ0n) is 9.26. The summed E-state index contributed by atoms with van der Waals surface area (Å²) >= 11 is 1.54. The van der Waals surface area contributed by atoms with Gasteiger partial charge in [-0.25, -0.2) is 13.4 Å². The van der Waals surface area contributed by atoms with E-state index in [2.05, 4.69) is 10.3 Å². The molecular weight excluding hydrogens is 260 g/mol. The molecule has 2 saturated heterocycles. The summed E-state index contributed by atoms with van der Waals surface area (Å²) in [5.74, 6) is 0.327. The van der Waals surface area contributed by atoms with Gasteiger partial charge in [0.25, 0.3) is 0 Å². The molecule has 1 aromatic heterocycles. The molecule has 0 aliphatic carbocycles. The van der Waals surface area contributed by atoms with Gasteiger partial charge in [-0.05, 0) is 6.42 Å². The molecule has 2 unspecified atom stereocenters. The van der Waals surface area contributed by atoms with Crippen LogP contribution < -0.4 is 5.32 Å². The first kappa shape index (κ1) is 11.6. The monoisotopic (exact) mass is 274 g/mol. The molecule has 2 aliphatic rings. The minimum absolute atomic E-state index is 0.0893. The second-order valence-electron chi connectivity index (χ2n) is 4.51. The highest BCUT2D eigenvalue weighted by Gasteiger charge is 2.51. The molecule has 2 fully saturated rings. The van der Waals surface area contributed by atoms with E-state index in [9.17, 15) is 8.42 Å². The number of rotatable bonds is 1. The smallest absolute Gasteiger partial charge is 0.153 e. The first-order valence-corrected chi connectivity index (χ1v) is 8.29. The Morgan fingerprint density at radius 2 is 2.47 bits per heavy atom. The maximum Gasteiger partial charge on any atom is 0.153 e. The number of aromatic nitrogens is 1. The van der Waals surface area contributed by atoms with Gasteiger partial charge in [-0.2, -0.15) is 0 Å². The Morgan fingerprint density at radius 1 is 1.59 bits per heavy atom. The lowest BCUT2D eigenvalue weighted by atomic mass is 9.92. The lowest BCUT2D eigenvalue weighted by Crippen LogP contribution is -2.53. The van der Waals surface area contributed by atoms with Crippen molar-refractivity contribution in [2.45, 2.75) is 18.1 Å². The number of nitrogens with one attached hydrogen (secondary N) is 1. The van der Waals surface area contributed by atoms with Crippen molar-refractivity contribution in [1.29, 1.82) is 0 Å². The van der Waals surface area contributed by atoms with Crippen LogP contribution in [0, 0.1) is 0 Å². The molecule has 0 aromatic carbocycles. The number of hydrogen-bond donors (Lipinski definition) is 1. The van der Waals surface area contributed by atoms with Gasteiger partial charge in [-0.3, -0.25) is 0 Å². The van der Waals surface area contributed by atoms with Gasteiger partial charge in [-0.1, -0.05) is 0 Å². The van der Waals surface area contributed by atoms with E-state index in [4.69, 9.17) is 4.74 Å². The van der Waals surface area contributed by atoms with Crippen molar-refractivity contribution in [2.75, 3.05) is 24.7 Å². The summed E-state index contributed by atoms with van der Waals surface area (Å²) in [5, 5.41) is 6.17. The Balaban J connectivity index is 1.96. The molecule has 3 rings (SSSR count). The Bertz CT molecular complexity index is 500. The van der Waals surface area contributed by atoms with Crippen LogP contribution in [0.15, 0.2) is 11.6 Å². The van der Waals surface area contributed by atoms with Crippen LogP contribution in [0.5, 0.6) is 0 Å². The fourth-order valence-corrected chi connectivity index (χ4v) is 5.36. The SMILES string of the molecule is O=S1(=O)CCC2(C1)OCCNC2c1nccs1. The van der Waals surface area contributed by atoms with Crippen LogP contribution in [0.4, 0.5) is 0 Å². The van der Waals surface area contributed by atoms with Crippen molar-refractivity contribution >= 4 is 21.2 Å². The first-order valence-electron chi connectivity index (χ1n) is 5.59. The molecule has 0 bridgehead atoms. The zero-order chi connectivity index (χ0) is 11.9. The maximum absolute atomic E-state index is 11.7. The number of nitrogens with zero attached hydrogens (tertiary/aromatic N) is 1. The van der Waals surface area contributed by atoms with E-state index < -0.39 is 15.4 Å². The first-order chi connectivity index (χ1) is 8.11. The Morgan fingerprint density at radius 3 is 3.12 bits per heavy atom. The largest absolute Gasteiger partial charge is 0.370 e. The summed E-state index contributed by atoms with van der Waals surface area (Å²) in [6.07, 6.45) is 2.31. The van der Waals surface area contributed by atoms with Crippen LogP contribution >= 0.6 is 11.3 Å². The molecule has 2 aliphatic heterocycles. The summed E-state index contributed by atoms with van der Waals surface area (Å²) in [5.41, 5.74) is -0.602. The molecule has 3 heterocycles. The highest BCUT2D eigenvalue weighted by Crippen LogP contribution is 2.40. The van der Waals surface area contributed by atoms with Crippen LogP contribution in [0.3, 0.4) is 0 Å². The number of ether oxygens (including phenoxy) is 1. The zero-order valence-corrected chi connectivity index (χ0v) is 10.9. The van der Waals surface area contributed by atoms with E-state index in [1.165, 1.54) is 0 Å². The predicted molar refractivity (Wildman–Crippen MR) is 64.8 cm³/mol. The summed E-state index contributed by atoms with van der Waals surface area (Å²) in [6, 6.07) is -0.0893. The molecule has 1 spiro atoms. The van der Waals surface area contributed by atoms with Gasteiger partial charge in [0.1, 0.15) is 10.6 Å². The average Bonchev–Trinajstić information content (AvgIpc) is 2.88. The molecule has 94 valence electrons. The highest BCUT2D eigenvalue weighted by molar-refractivity contribution is 7.91. The minimum atomic E-state index is -2.97. The normalized spacial score (nSPS) is 36.4. The fourth-order valence-electron chi connectivity index (χ4n) is 2.60. The maximum atomic E-state index is 11.7. The fraction of sp³-hybridized carbons (Fsp3) is 0.700. The van der Waals surface area contributed by atoms with E-state index in [1.54, 1.807) is 17.5 Å². The summed E-state index contributed by atoms with van der Waals surface area (Å²) in [7, 11) is -2.97. The molecule has 0 amide bonds. The number of morpholine rings is 1. The molecule has 2 atom stereocenters. The molecule has 1 N–H and O–H groups in total. The van der Waals surface area contributed by atoms with E-state index in [1.807, 2.05) is 5.38 Å². The number of sulfone groups is 1. The number of hydrogen-bond acceptors (Lipinski definition) is 6. The molecule has 1 aromatic rings. The van der Waals surface area contributed by atoms with Crippen LogP contribution in [-0.2, 0) is 14.6 Å². The van der Waals surface area contributed by atoms with Crippen molar-refractivity contribution in [1.82, 2.24) is 10.3 Å². The van der Waals surface area contributed by atoms with Gasteiger partial charge in [0.15, 0.2) is 9.84 Å². The standard InChI is InChI=1S/C10H14N2O3S2/c13-17(14)6-1-10(7-17)8(11-2-4-15-10)9-12-3-5-16-9/h3,5,8,11H,1-2,4,6-7H2. The third-order valence-corrected chi connectivity index (χ3v) is 5.96. The molecule has 5 nitrogen and oxygen atoms in total. The van der Waals surface area contributed by atoms with Gasteiger partial charge < -0.3 is 10.1 Å². The van der Waals surface area contributed by atoms with E-state index in [0.29, 0.717) is 13.0 Å². The Kier molecular flexibility index (Phi) is 2.73. The summed E-state index contributed by atoms with van der Waals surface area (Å²) in [6.45, 7) is 1.31. The van der Waals surface area contributed by atoms with Gasteiger partial charge in [0.2, 0.25) is 0 Å². The molecular formula is C10H14N2O3S2. The second-order valence-corrected chi connectivity index (χ2v) is 7.62. The van der Waals surface area contributed by atoms with E-state index in [-0.39, 0.29) is 17.5 Å². The summed E-state index contributed by atoms with van der Waals surface area (Å²) < 4.78 is 29.2. The number of thiazole rings is 1. The highest BCUT2D eigenvalue weighted by atomic mass is 32.2. The van der Waals surface area contributed by atoms with Crippen molar-refractivity contribution < 1.29 is 13.2 Å². The van der Waals surface area contributed by atoms with Crippen molar-refractivity contribution in [2.24, 2.45) is 0 Å². The Hall–Kier alpha value is -0.500. The molecule has 0 saturated carbocycles. The topological polar surface area (TPSA) is 68.3 Å². The van der Waals surface area contributed by atoms with Gasteiger partial charge in [0.05, 0.1) is 24.2 Å². The van der Waals surface area contributed by atoms with E-state index >= 15 is 0 Å². The minimum Gasteiger partial charge on any atom is -0.370 e. The van der Waals surface area contributed by atoms with Crippen molar-refractivity contribution in [3.63, 3.8) is 0 Å². The third kappa shape index (κ3) is 2.01. The molecule has 17 heavy (non-hydrogen) atoms. The Labute approximate surface area is 104 Å². The molecule has 7 heteroatoms. The van der Waals surface area contributed by atoms with Gasteiger partial charge in [-0.15, -0.1) is 11.3 Å².